The number of carbonyl (C=O) groups is 1. The second-order valence-electron chi connectivity index (χ2n) is 11.5. The van der Waals surface area contributed by atoms with Gasteiger partial charge < -0.3 is 19.3 Å². The predicted molar refractivity (Wildman–Crippen MR) is 142 cm³/mol. The molecule has 0 aliphatic heterocycles. The van der Waals surface area contributed by atoms with E-state index in [0.29, 0.717) is 30.0 Å². The minimum atomic E-state index is -0.716. The quantitative estimate of drug-likeness (QED) is 0.366. The lowest BCUT2D eigenvalue weighted by Gasteiger charge is -2.32. The number of rotatable bonds is 8. The summed E-state index contributed by atoms with van der Waals surface area (Å²) in [5.41, 5.74) is 4.72. The van der Waals surface area contributed by atoms with Crippen LogP contribution in [0.25, 0.3) is 11.1 Å². The molecule has 200 valence electrons. The number of pyridine rings is 1. The van der Waals surface area contributed by atoms with E-state index in [1.54, 1.807) is 13.2 Å². The number of aromatic nitrogens is 1. The van der Waals surface area contributed by atoms with Gasteiger partial charge in [-0.3, -0.25) is 4.79 Å². The van der Waals surface area contributed by atoms with Gasteiger partial charge in [-0.2, -0.15) is 0 Å². The van der Waals surface area contributed by atoms with Crippen molar-refractivity contribution in [1.82, 2.24) is 4.98 Å². The largest absolute Gasteiger partial charge is 0.489 e. The van der Waals surface area contributed by atoms with E-state index in [1.165, 1.54) is 18.9 Å². The average molecular weight is 520 g/mol. The molecule has 3 aromatic rings. The van der Waals surface area contributed by atoms with Crippen LogP contribution in [-0.2, 0) is 28.0 Å². The Morgan fingerprint density at radius 1 is 1.16 bits per heavy atom. The van der Waals surface area contributed by atoms with Gasteiger partial charge in [0, 0.05) is 24.2 Å². The first-order valence-corrected chi connectivity index (χ1v) is 12.9. The van der Waals surface area contributed by atoms with Crippen molar-refractivity contribution in [1.29, 1.82) is 0 Å². The summed E-state index contributed by atoms with van der Waals surface area (Å²) in [5, 5.41) is 9.55. The first-order valence-electron chi connectivity index (χ1n) is 12.9. The molecule has 2 aliphatic carbocycles. The van der Waals surface area contributed by atoms with Crippen LogP contribution in [0.2, 0.25) is 0 Å². The normalized spacial score (nSPS) is 20.7. The van der Waals surface area contributed by atoms with Crippen molar-refractivity contribution in [2.24, 2.45) is 11.3 Å². The van der Waals surface area contributed by atoms with Gasteiger partial charge in [0.1, 0.15) is 18.2 Å². The number of fused-ring (bicyclic) bond motifs is 2. The van der Waals surface area contributed by atoms with Crippen LogP contribution >= 0.6 is 0 Å². The molecule has 0 bridgehead atoms. The van der Waals surface area contributed by atoms with Gasteiger partial charge >= 0.3 is 5.97 Å². The molecule has 0 saturated heterocycles. The van der Waals surface area contributed by atoms with Crippen molar-refractivity contribution in [3.8, 4) is 22.8 Å². The zero-order chi connectivity index (χ0) is 27.2. The fourth-order valence-corrected chi connectivity index (χ4v) is 6.04. The maximum absolute atomic E-state index is 14.9. The monoisotopic (exact) mass is 519 g/mol. The van der Waals surface area contributed by atoms with Gasteiger partial charge in [0.2, 0.25) is 5.88 Å². The van der Waals surface area contributed by atoms with Gasteiger partial charge in [0.05, 0.1) is 25.3 Å². The molecule has 3 atom stereocenters. The van der Waals surface area contributed by atoms with E-state index in [9.17, 15) is 14.3 Å². The van der Waals surface area contributed by atoms with Crippen molar-refractivity contribution in [2.75, 3.05) is 14.2 Å². The number of ether oxygens (including phenoxy) is 3. The minimum Gasteiger partial charge on any atom is -0.489 e. The van der Waals surface area contributed by atoms with Crippen molar-refractivity contribution in [2.45, 2.75) is 58.2 Å². The van der Waals surface area contributed by atoms with Crippen molar-refractivity contribution < 1.29 is 28.5 Å². The van der Waals surface area contributed by atoms with Gasteiger partial charge in [0.15, 0.2) is 0 Å². The Kier molecular flexibility index (Phi) is 6.68. The zero-order valence-electron chi connectivity index (χ0n) is 22.5. The van der Waals surface area contributed by atoms with Gasteiger partial charge in [-0.05, 0) is 70.7 Å². The number of hydrogen-bond donors (Lipinski definition) is 1. The van der Waals surface area contributed by atoms with E-state index in [1.807, 2.05) is 30.3 Å². The molecule has 2 aromatic carbocycles. The van der Waals surface area contributed by atoms with Crippen LogP contribution in [0.3, 0.4) is 0 Å². The summed E-state index contributed by atoms with van der Waals surface area (Å²) in [4.78, 5) is 15.6. The Morgan fingerprint density at radius 2 is 1.95 bits per heavy atom. The summed E-state index contributed by atoms with van der Waals surface area (Å²) >= 11 is 0. The lowest BCUT2D eigenvalue weighted by molar-refractivity contribution is -0.139. The molecule has 0 amide bonds. The van der Waals surface area contributed by atoms with Gasteiger partial charge in [-0.1, -0.05) is 39.0 Å². The maximum atomic E-state index is 14.9. The second kappa shape index (κ2) is 9.70. The van der Waals surface area contributed by atoms with Gasteiger partial charge in [-0.25, -0.2) is 9.37 Å². The average Bonchev–Trinajstić information content (AvgIpc) is 3.52. The first-order chi connectivity index (χ1) is 18.1. The predicted octanol–water partition coefficient (Wildman–Crippen LogP) is 6.50. The Bertz CT molecular complexity index is 1380. The fraction of sp³-hybridized carbons (Fsp3) is 0.419. The number of carboxylic acid groups (broad SMARTS) is 1. The molecular formula is C31H34FNO5. The Balaban J connectivity index is 1.45. The number of benzene rings is 2. The molecular weight excluding hydrogens is 485 g/mol. The van der Waals surface area contributed by atoms with Gasteiger partial charge in [-0.15, -0.1) is 0 Å². The van der Waals surface area contributed by atoms with E-state index < -0.39 is 11.8 Å². The molecule has 7 heteroatoms. The van der Waals surface area contributed by atoms with Crippen LogP contribution in [0.1, 0.15) is 62.0 Å². The standard InChI is InChI=1S/C31H34FNO5/c1-30(2,3)28(37-5)23-12-18(6-9-21(23)22-14-27(36-4)33-16-26(22)32)17-38-20-8-7-19-10-11-31(24(19)13-20)15-25(31)29(34)35/h6-9,12-14,16,25,28H,10-11,15,17H2,1-5H3,(H,34,35). The van der Waals surface area contributed by atoms with Crippen LogP contribution in [0, 0.1) is 17.2 Å². The lowest BCUT2D eigenvalue weighted by atomic mass is 9.81. The highest BCUT2D eigenvalue weighted by molar-refractivity contribution is 5.78. The third kappa shape index (κ3) is 4.64. The molecule has 1 N–H and O–H groups in total. The number of nitrogens with zero attached hydrogens (tertiary/aromatic N) is 1. The summed E-state index contributed by atoms with van der Waals surface area (Å²) in [6.07, 6.45) is 3.36. The molecule has 1 aromatic heterocycles. The number of carboxylic acids is 1. The molecule has 3 unspecified atom stereocenters. The molecule has 0 radical (unpaired) electrons. The topological polar surface area (TPSA) is 77.9 Å². The molecule has 38 heavy (non-hydrogen) atoms. The minimum absolute atomic E-state index is 0.233. The van der Waals surface area contributed by atoms with Crippen molar-refractivity contribution >= 4 is 5.97 Å². The summed E-state index contributed by atoms with van der Waals surface area (Å²) < 4.78 is 32.3. The molecule has 1 fully saturated rings. The number of aliphatic carboxylic acids is 1. The molecule has 1 spiro atoms. The zero-order valence-corrected chi connectivity index (χ0v) is 22.5. The van der Waals surface area contributed by atoms with Gasteiger partial charge in [0.25, 0.3) is 0 Å². The third-order valence-corrected chi connectivity index (χ3v) is 7.99. The number of halogens is 1. The summed E-state index contributed by atoms with van der Waals surface area (Å²) in [7, 11) is 3.17. The van der Waals surface area contributed by atoms with Crippen LogP contribution in [-0.4, -0.2) is 30.3 Å². The molecule has 2 aliphatic rings. The van der Waals surface area contributed by atoms with Crippen molar-refractivity contribution in [3.63, 3.8) is 0 Å². The lowest BCUT2D eigenvalue weighted by Crippen LogP contribution is -2.21. The summed E-state index contributed by atoms with van der Waals surface area (Å²) in [5.74, 6) is -0.404. The Labute approximate surface area is 222 Å². The maximum Gasteiger partial charge on any atom is 0.307 e. The van der Waals surface area contributed by atoms with E-state index >= 15 is 0 Å². The number of methoxy groups -OCH3 is 2. The van der Waals surface area contributed by atoms with Crippen LogP contribution in [0.15, 0.2) is 48.7 Å². The Hall–Kier alpha value is -3.45. The smallest absolute Gasteiger partial charge is 0.307 e. The van der Waals surface area contributed by atoms with E-state index in [0.717, 1.165) is 35.3 Å². The SMILES string of the molecule is COc1cc(-c2ccc(COc3ccc4c(c3)C3(CC4)CC3C(=O)O)cc2C(OC)C(C)(C)C)c(F)cn1. The summed E-state index contributed by atoms with van der Waals surface area (Å²) in [6.45, 7) is 6.56. The van der Waals surface area contributed by atoms with E-state index in [4.69, 9.17) is 14.2 Å². The highest BCUT2D eigenvalue weighted by Gasteiger charge is 2.61. The fourth-order valence-electron chi connectivity index (χ4n) is 6.04. The van der Waals surface area contributed by atoms with Crippen LogP contribution in [0.5, 0.6) is 11.6 Å². The highest BCUT2D eigenvalue weighted by atomic mass is 19.1. The number of hydrogen-bond acceptors (Lipinski definition) is 5. The van der Waals surface area contributed by atoms with Crippen molar-refractivity contribution in [3.05, 3.63) is 76.7 Å². The van der Waals surface area contributed by atoms with Crippen LogP contribution in [0.4, 0.5) is 4.39 Å². The summed E-state index contributed by atoms with van der Waals surface area (Å²) in [6, 6.07) is 13.5. The third-order valence-electron chi connectivity index (χ3n) is 7.99. The molecule has 5 rings (SSSR count). The number of aryl methyl sites for hydroxylation is 1. The first kappa shape index (κ1) is 26.2. The molecule has 1 heterocycles. The van der Waals surface area contributed by atoms with Crippen LogP contribution < -0.4 is 9.47 Å². The molecule has 6 nitrogen and oxygen atoms in total. The van der Waals surface area contributed by atoms with E-state index in [-0.39, 0.29) is 22.9 Å². The molecule has 1 saturated carbocycles. The van der Waals surface area contributed by atoms with E-state index in [2.05, 4.69) is 31.8 Å². The second-order valence-corrected chi connectivity index (χ2v) is 11.5. The Morgan fingerprint density at radius 3 is 2.61 bits per heavy atom. The highest BCUT2D eigenvalue weighted by Crippen LogP contribution is 2.62.